The summed E-state index contributed by atoms with van der Waals surface area (Å²) in [6.07, 6.45) is 4.07. The maximum Gasteiger partial charge on any atom is 0.199 e. The molecule has 2 heterocycles. The molecule has 8 heteroatoms. The fourth-order valence-corrected chi connectivity index (χ4v) is 2.79. The highest BCUT2D eigenvalue weighted by atomic mass is 32.1. The molecule has 3 aromatic rings. The van der Waals surface area contributed by atoms with Crippen molar-refractivity contribution in [2.75, 3.05) is 0 Å². The van der Waals surface area contributed by atoms with Crippen LogP contribution in [0.2, 0.25) is 0 Å². The number of Topliss-reactive ketones (excluding diaryl/α,β-unsaturated/α-hetero) is 1. The van der Waals surface area contributed by atoms with Crippen LogP contribution in [-0.4, -0.2) is 20.7 Å². The summed E-state index contributed by atoms with van der Waals surface area (Å²) in [4.78, 5) is 23.8. The van der Waals surface area contributed by atoms with Crippen molar-refractivity contribution in [3.63, 3.8) is 0 Å². The Kier molecular flexibility index (Phi) is 4.57. The number of halogens is 2. The van der Waals surface area contributed by atoms with Crippen molar-refractivity contribution >= 4 is 17.1 Å². The molecule has 0 aliphatic carbocycles. The first kappa shape index (κ1) is 16.1. The zero-order valence-electron chi connectivity index (χ0n) is 12.5. The van der Waals surface area contributed by atoms with Crippen LogP contribution < -0.4 is 4.74 Å². The van der Waals surface area contributed by atoms with E-state index in [0.29, 0.717) is 10.8 Å². The van der Waals surface area contributed by atoms with Crippen molar-refractivity contribution in [3.8, 4) is 11.5 Å². The third kappa shape index (κ3) is 3.77. The van der Waals surface area contributed by atoms with E-state index in [1.165, 1.54) is 31.7 Å². The lowest BCUT2D eigenvalue weighted by Crippen LogP contribution is -2.04. The molecule has 1 aromatic carbocycles. The Morgan fingerprint density at radius 3 is 2.58 bits per heavy atom. The number of thiazole rings is 1. The number of rotatable bonds is 5. The highest BCUT2D eigenvalue weighted by Gasteiger charge is 2.15. The van der Waals surface area contributed by atoms with E-state index in [0.717, 1.165) is 23.5 Å². The fourth-order valence-electron chi connectivity index (χ4n) is 2.00. The zero-order valence-corrected chi connectivity index (χ0v) is 13.3. The molecule has 24 heavy (non-hydrogen) atoms. The Morgan fingerprint density at radius 2 is 1.92 bits per heavy atom. The van der Waals surface area contributed by atoms with Gasteiger partial charge in [0.1, 0.15) is 22.9 Å². The van der Waals surface area contributed by atoms with E-state index in [4.69, 9.17) is 4.74 Å². The molecule has 2 aromatic heterocycles. The van der Waals surface area contributed by atoms with Crippen LogP contribution >= 0.6 is 11.3 Å². The molecule has 0 amide bonds. The molecule has 0 spiro atoms. The topological polar surface area (TPSA) is 65.0 Å². The van der Waals surface area contributed by atoms with Gasteiger partial charge in [-0.25, -0.2) is 19.3 Å². The second kappa shape index (κ2) is 6.79. The summed E-state index contributed by atoms with van der Waals surface area (Å²) in [5.41, 5.74) is 0.366. The maximum atomic E-state index is 13.8. The van der Waals surface area contributed by atoms with Gasteiger partial charge in [0.25, 0.3) is 0 Å². The van der Waals surface area contributed by atoms with Crippen molar-refractivity contribution in [3.05, 3.63) is 64.1 Å². The van der Waals surface area contributed by atoms with Crippen LogP contribution in [0.4, 0.5) is 8.78 Å². The first-order valence-corrected chi connectivity index (χ1v) is 7.71. The third-order valence-electron chi connectivity index (χ3n) is 3.06. The lowest BCUT2D eigenvalue weighted by molar-refractivity contribution is 0.0992. The van der Waals surface area contributed by atoms with Crippen LogP contribution in [0.3, 0.4) is 0 Å². The lowest BCUT2D eigenvalue weighted by atomic mass is 10.1. The smallest absolute Gasteiger partial charge is 0.199 e. The van der Waals surface area contributed by atoms with Crippen LogP contribution in [0.25, 0.3) is 0 Å². The van der Waals surface area contributed by atoms with Crippen LogP contribution in [0.1, 0.15) is 21.1 Å². The Balaban J connectivity index is 1.81. The number of hydrogen-bond acceptors (Lipinski definition) is 6. The van der Waals surface area contributed by atoms with Gasteiger partial charge in [-0.1, -0.05) is 11.3 Å². The van der Waals surface area contributed by atoms with Crippen LogP contribution in [0.5, 0.6) is 11.5 Å². The molecule has 0 fully saturated rings. The average molecular weight is 347 g/mol. The molecular formula is C16H11F2N3O2S. The first-order valence-electron chi connectivity index (χ1n) is 6.90. The normalized spacial score (nSPS) is 10.6. The molecule has 0 atom stereocenters. The Bertz CT molecular complexity index is 865. The van der Waals surface area contributed by atoms with Gasteiger partial charge in [-0.05, 0) is 19.1 Å². The van der Waals surface area contributed by atoms with Crippen LogP contribution in [0.15, 0.2) is 36.9 Å². The van der Waals surface area contributed by atoms with Gasteiger partial charge in [0.05, 0.1) is 24.5 Å². The summed E-state index contributed by atoms with van der Waals surface area (Å²) in [5, 5.41) is -0.0802. The summed E-state index contributed by atoms with van der Waals surface area (Å²) >= 11 is 0.808. The summed E-state index contributed by atoms with van der Waals surface area (Å²) in [6, 6.07) is 3.67. The van der Waals surface area contributed by atoms with E-state index in [2.05, 4.69) is 15.0 Å². The number of benzene rings is 1. The molecule has 0 saturated heterocycles. The first-order chi connectivity index (χ1) is 11.5. The standard InChI is InChI=1S/C16H11F2N3O2S/c1-9-16(18)24-15(21-9)5-14(22)10-2-11(17)4-12(3-10)23-13-6-19-8-20-7-13/h2-4,6-8H,5H2,1H3. The van der Waals surface area contributed by atoms with E-state index in [9.17, 15) is 13.6 Å². The summed E-state index contributed by atoms with van der Waals surface area (Å²) in [6.45, 7) is 1.52. The quantitative estimate of drug-likeness (QED) is 0.658. The summed E-state index contributed by atoms with van der Waals surface area (Å²) in [7, 11) is 0. The van der Waals surface area contributed by atoms with Gasteiger partial charge in [0.15, 0.2) is 16.7 Å². The molecule has 3 rings (SSSR count). The van der Waals surface area contributed by atoms with Crippen molar-refractivity contribution in [1.82, 2.24) is 15.0 Å². The van der Waals surface area contributed by atoms with Gasteiger partial charge in [-0.3, -0.25) is 4.79 Å². The molecule has 0 saturated carbocycles. The van der Waals surface area contributed by atoms with E-state index in [1.54, 1.807) is 0 Å². The predicted octanol–water partition coefficient (Wildman–Crippen LogP) is 3.74. The molecule has 0 aliphatic rings. The van der Waals surface area contributed by atoms with Crippen molar-refractivity contribution in [2.24, 2.45) is 0 Å². The number of nitrogens with zero attached hydrogens (tertiary/aromatic N) is 3. The minimum absolute atomic E-state index is 0.104. The molecule has 0 aliphatic heterocycles. The van der Waals surface area contributed by atoms with Gasteiger partial charge in [0, 0.05) is 11.6 Å². The molecule has 0 N–H and O–H groups in total. The minimum atomic E-state index is -0.616. The van der Waals surface area contributed by atoms with E-state index >= 15 is 0 Å². The molecule has 0 radical (unpaired) electrons. The molecular weight excluding hydrogens is 336 g/mol. The van der Waals surface area contributed by atoms with Crippen molar-refractivity contribution in [2.45, 2.75) is 13.3 Å². The van der Waals surface area contributed by atoms with Gasteiger partial charge in [0.2, 0.25) is 0 Å². The van der Waals surface area contributed by atoms with Gasteiger partial charge in [-0.2, -0.15) is 4.39 Å². The highest BCUT2D eigenvalue weighted by Crippen LogP contribution is 2.24. The third-order valence-corrected chi connectivity index (χ3v) is 4.01. The second-order valence-electron chi connectivity index (χ2n) is 4.92. The fraction of sp³-hybridized carbons (Fsp3) is 0.125. The summed E-state index contributed by atoms with van der Waals surface area (Å²) in [5.74, 6) is -0.527. The second-order valence-corrected chi connectivity index (χ2v) is 5.95. The lowest BCUT2D eigenvalue weighted by Gasteiger charge is -2.07. The Morgan fingerprint density at radius 1 is 1.17 bits per heavy atom. The molecule has 5 nitrogen and oxygen atoms in total. The Labute approximate surface area is 140 Å². The molecule has 122 valence electrons. The Hall–Kier alpha value is -2.74. The minimum Gasteiger partial charge on any atom is -0.454 e. The number of carbonyl (C=O) groups is 1. The van der Waals surface area contributed by atoms with Crippen molar-refractivity contribution in [1.29, 1.82) is 0 Å². The number of ketones is 1. The number of hydrogen-bond donors (Lipinski definition) is 0. The average Bonchev–Trinajstić information content (AvgIpc) is 2.85. The molecule has 0 bridgehead atoms. The largest absolute Gasteiger partial charge is 0.454 e. The number of carbonyl (C=O) groups excluding carboxylic acids is 1. The SMILES string of the molecule is Cc1nc(CC(=O)c2cc(F)cc(Oc3cncnc3)c2)sc1F. The van der Waals surface area contributed by atoms with E-state index < -0.39 is 10.9 Å². The van der Waals surface area contributed by atoms with Gasteiger partial charge in [-0.15, -0.1) is 0 Å². The highest BCUT2D eigenvalue weighted by molar-refractivity contribution is 7.10. The number of aromatic nitrogens is 3. The van der Waals surface area contributed by atoms with Crippen LogP contribution in [-0.2, 0) is 6.42 Å². The zero-order chi connectivity index (χ0) is 17.1. The maximum absolute atomic E-state index is 13.8. The van der Waals surface area contributed by atoms with Crippen LogP contribution in [0, 0.1) is 17.9 Å². The predicted molar refractivity (Wildman–Crippen MR) is 83.3 cm³/mol. The van der Waals surface area contributed by atoms with Gasteiger partial charge < -0.3 is 4.74 Å². The van der Waals surface area contributed by atoms with E-state index in [1.807, 2.05) is 0 Å². The summed E-state index contributed by atoms with van der Waals surface area (Å²) < 4.78 is 32.5. The molecule has 0 unspecified atom stereocenters. The monoisotopic (exact) mass is 347 g/mol. The van der Waals surface area contributed by atoms with E-state index in [-0.39, 0.29) is 29.2 Å². The van der Waals surface area contributed by atoms with Crippen molar-refractivity contribution < 1.29 is 18.3 Å². The number of ether oxygens (including phenoxy) is 1. The van der Waals surface area contributed by atoms with Gasteiger partial charge >= 0.3 is 0 Å². The number of aryl methyl sites for hydroxylation is 1.